The normalized spacial score (nSPS) is 11.5. The van der Waals surface area contributed by atoms with E-state index in [9.17, 15) is 4.39 Å². The van der Waals surface area contributed by atoms with Gasteiger partial charge < -0.3 is 0 Å². The van der Waals surface area contributed by atoms with Crippen molar-refractivity contribution in [2.24, 2.45) is 5.92 Å². The molecular weight excluding hydrogens is 325 g/mol. The van der Waals surface area contributed by atoms with Crippen molar-refractivity contribution in [1.82, 2.24) is 14.8 Å². The molecule has 1 heterocycles. The Morgan fingerprint density at radius 3 is 2.67 bits per heavy atom. The molecule has 0 aliphatic rings. The van der Waals surface area contributed by atoms with Gasteiger partial charge in [-0.1, -0.05) is 17.8 Å². The molecule has 2 aromatic rings. The number of allylic oxidation sites excluding steroid dienone is 1. The summed E-state index contributed by atoms with van der Waals surface area (Å²) in [5, 5.41) is 26.8. The fourth-order valence-electron chi connectivity index (χ4n) is 2.10. The zero-order valence-corrected chi connectivity index (χ0v) is 13.8. The van der Waals surface area contributed by atoms with Gasteiger partial charge in [0, 0.05) is 24.3 Å². The molecule has 24 heavy (non-hydrogen) atoms. The van der Waals surface area contributed by atoms with Gasteiger partial charge >= 0.3 is 0 Å². The lowest BCUT2D eigenvalue weighted by Crippen LogP contribution is -2.04. The largest absolute Gasteiger partial charge is 0.298 e. The number of nitriles is 2. The van der Waals surface area contributed by atoms with E-state index in [1.54, 1.807) is 18.2 Å². The summed E-state index contributed by atoms with van der Waals surface area (Å²) in [5.41, 5.74) is 0.763. The molecule has 122 valence electrons. The number of nitrogens with zero attached hydrogens (tertiary/aromatic N) is 5. The monoisotopic (exact) mass is 341 g/mol. The average Bonchev–Trinajstić information content (AvgIpc) is 2.99. The molecule has 0 N–H and O–H groups in total. The van der Waals surface area contributed by atoms with Crippen LogP contribution in [0.5, 0.6) is 0 Å². The number of aromatic nitrogens is 3. The number of thioether (sulfide) groups is 1. The van der Waals surface area contributed by atoms with Gasteiger partial charge in [0.2, 0.25) is 0 Å². The highest BCUT2D eigenvalue weighted by molar-refractivity contribution is 7.99. The Morgan fingerprint density at radius 1 is 1.29 bits per heavy atom. The lowest BCUT2D eigenvalue weighted by atomic mass is 10.1. The van der Waals surface area contributed by atoms with E-state index in [4.69, 9.17) is 10.5 Å². The standard InChI is InChI=1S/C17H16FN5S/c1-2-10-23-16(14-5-7-15(18)8-6-14)21-22-17(23)24-12-13(11-20)4-3-9-19/h2,5-8,13H,1,3-4,10,12H2/t13-/m1/s1. The third-order valence-corrected chi connectivity index (χ3v) is 4.46. The Hall–Kier alpha value is -2.64. The van der Waals surface area contributed by atoms with Crippen LogP contribution < -0.4 is 0 Å². The van der Waals surface area contributed by atoms with Crippen molar-refractivity contribution in [1.29, 1.82) is 10.5 Å². The Balaban J connectivity index is 2.19. The molecule has 0 spiro atoms. The minimum Gasteiger partial charge on any atom is -0.298 e. The van der Waals surface area contributed by atoms with Crippen LogP contribution in [-0.2, 0) is 6.54 Å². The fourth-order valence-corrected chi connectivity index (χ4v) is 3.11. The number of rotatable bonds is 8. The highest BCUT2D eigenvalue weighted by Crippen LogP contribution is 2.26. The quantitative estimate of drug-likeness (QED) is 0.539. The van der Waals surface area contributed by atoms with Crippen molar-refractivity contribution >= 4 is 11.8 Å². The molecule has 0 saturated heterocycles. The lowest BCUT2D eigenvalue weighted by Gasteiger charge is -2.09. The third kappa shape index (κ3) is 4.43. The van der Waals surface area contributed by atoms with Gasteiger partial charge in [0.15, 0.2) is 11.0 Å². The van der Waals surface area contributed by atoms with E-state index >= 15 is 0 Å². The molecule has 0 fully saturated rings. The van der Waals surface area contributed by atoms with Gasteiger partial charge in [-0.05, 0) is 30.7 Å². The highest BCUT2D eigenvalue weighted by atomic mass is 32.2. The molecule has 0 saturated carbocycles. The molecule has 0 bridgehead atoms. The molecule has 7 heteroatoms. The van der Waals surface area contributed by atoms with Crippen LogP contribution in [-0.4, -0.2) is 20.5 Å². The summed E-state index contributed by atoms with van der Waals surface area (Å²) in [6.07, 6.45) is 2.64. The molecule has 0 aliphatic heterocycles. The van der Waals surface area contributed by atoms with Crippen molar-refractivity contribution in [2.75, 3.05) is 5.75 Å². The van der Waals surface area contributed by atoms with E-state index in [2.05, 4.69) is 28.9 Å². The summed E-state index contributed by atoms with van der Waals surface area (Å²) in [5.74, 6) is 0.648. The summed E-state index contributed by atoms with van der Waals surface area (Å²) in [7, 11) is 0. The average molecular weight is 341 g/mol. The predicted molar refractivity (Wildman–Crippen MR) is 90.3 cm³/mol. The van der Waals surface area contributed by atoms with Crippen LogP contribution in [0.2, 0.25) is 0 Å². The van der Waals surface area contributed by atoms with Crippen molar-refractivity contribution in [3.8, 4) is 23.5 Å². The summed E-state index contributed by atoms with van der Waals surface area (Å²) in [6.45, 7) is 4.25. The van der Waals surface area contributed by atoms with Gasteiger partial charge in [0.1, 0.15) is 5.82 Å². The van der Waals surface area contributed by atoms with Crippen molar-refractivity contribution in [3.05, 3.63) is 42.7 Å². The summed E-state index contributed by atoms with van der Waals surface area (Å²) >= 11 is 1.42. The van der Waals surface area contributed by atoms with E-state index in [1.807, 2.05) is 4.57 Å². The molecule has 1 aromatic heterocycles. The van der Waals surface area contributed by atoms with Gasteiger partial charge in [-0.25, -0.2) is 4.39 Å². The minimum atomic E-state index is -0.308. The van der Waals surface area contributed by atoms with E-state index < -0.39 is 0 Å². The summed E-state index contributed by atoms with van der Waals surface area (Å²) < 4.78 is 15.0. The van der Waals surface area contributed by atoms with Crippen molar-refractivity contribution in [2.45, 2.75) is 24.5 Å². The van der Waals surface area contributed by atoms with Gasteiger partial charge in [-0.15, -0.1) is 16.8 Å². The third-order valence-electron chi connectivity index (χ3n) is 3.33. The second-order valence-corrected chi connectivity index (χ2v) is 6.03. The minimum absolute atomic E-state index is 0.210. The zero-order valence-electron chi connectivity index (χ0n) is 13.0. The Labute approximate surface area is 144 Å². The molecule has 0 unspecified atom stereocenters. The number of benzene rings is 1. The first-order valence-electron chi connectivity index (χ1n) is 7.39. The van der Waals surface area contributed by atoms with Crippen LogP contribution in [0.15, 0.2) is 42.1 Å². The maximum atomic E-state index is 13.1. The Bertz CT molecular complexity index is 770. The van der Waals surface area contributed by atoms with Crippen LogP contribution in [0.25, 0.3) is 11.4 Å². The first-order chi connectivity index (χ1) is 11.7. The van der Waals surface area contributed by atoms with Gasteiger partial charge in [-0.3, -0.25) is 4.57 Å². The molecule has 2 rings (SSSR count). The number of halogens is 1. The van der Waals surface area contributed by atoms with Gasteiger partial charge in [0.25, 0.3) is 0 Å². The fraction of sp³-hybridized carbons (Fsp3) is 0.294. The van der Waals surface area contributed by atoms with E-state index in [0.717, 1.165) is 5.56 Å². The maximum absolute atomic E-state index is 13.1. The zero-order chi connectivity index (χ0) is 17.4. The molecule has 0 amide bonds. The topological polar surface area (TPSA) is 78.3 Å². The molecular formula is C17H16FN5S. The van der Waals surface area contributed by atoms with Crippen LogP contribution in [0.1, 0.15) is 12.8 Å². The van der Waals surface area contributed by atoms with Crippen LogP contribution in [0.4, 0.5) is 4.39 Å². The SMILES string of the molecule is C=CCn1c(SC[C@@H](C#N)CCC#N)nnc1-c1ccc(F)cc1. The van der Waals surface area contributed by atoms with Gasteiger partial charge in [0.05, 0.1) is 18.1 Å². The Morgan fingerprint density at radius 2 is 2.04 bits per heavy atom. The summed E-state index contributed by atoms with van der Waals surface area (Å²) in [6, 6.07) is 10.3. The molecule has 1 aromatic carbocycles. The number of hydrogen-bond acceptors (Lipinski definition) is 5. The molecule has 1 atom stereocenters. The predicted octanol–water partition coefficient (Wildman–Crippen LogP) is 3.81. The second kappa shape index (κ2) is 8.85. The van der Waals surface area contributed by atoms with Crippen LogP contribution >= 0.6 is 11.8 Å². The Kier molecular flexibility index (Phi) is 6.53. The smallest absolute Gasteiger partial charge is 0.191 e. The van der Waals surface area contributed by atoms with Crippen LogP contribution in [0, 0.1) is 34.4 Å². The van der Waals surface area contributed by atoms with E-state index in [0.29, 0.717) is 36.1 Å². The van der Waals surface area contributed by atoms with Crippen LogP contribution in [0.3, 0.4) is 0 Å². The number of hydrogen-bond donors (Lipinski definition) is 0. The van der Waals surface area contributed by atoms with Crippen molar-refractivity contribution in [3.63, 3.8) is 0 Å². The van der Waals surface area contributed by atoms with E-state index in [-0.39, 0.29) is 11.7 Å². The molecule has 0 aliphatic carbocycles. The summed E-state index contributed by atoms with van der Waals surface area (Å²) in [4.78, 5) is 0. The highest BCUT2D eigenvalue weighted by Gasteiger charge is 2.16. The van der Waals surface area contributed by atoms with Gasteiger partial charge in [-0.2, -0.15) is 10.5 Å². The first kappa shape index (κ1) is 17.7. The van der Waals surface area contributed by atoms with E-state index in [1.165, 1.54) is 23.9 Å². The lowest BCUT2D eigenvalue weighted by molar-refractivity contribution is 0.628. The second-order valence-electron chi connectivity index (χ2n) is 5.05. The first-order valence-corrected chi connectivity index (χ1v) is 8.37. The maximum Gasteiger partial charge on any atom is 0.191 e. The molecule has 0 radical (unpaired) electrons. The van der Waals surface area contributed by atoms with Crippen molar-refractivity contribution < 1.29 is 4.39 Å². The molecule has 5 nitrogen and oxygen atoms in total.